The predicted octanol–water partition coefficient (Wildman–Crippen LogP) is -5.85. The zero-order valence-corrected chi connectivity index (χ0v) is 27.5. The van der Waals surface area contributed by atoms with Crippen LogP contribution in [0.15, 0.2) is 24.3 Å². The third kappa shape index (κ3) is 8.99. The molecule has 294 valence electrons. The molecule has 17 atom stereocenters. The Labute approximate surface area is 295 Å². The zero-order valence-electron chi connectivity index (χ0n) is 27.5. The molecule has 4 fully saturated rings. The lowest BCUT2D eigenvalue weighted by Gasteiger charge is -2.47. The number of rotatable bonds is 12. The van der Waals surface area contributed by atoms with Gasteiger partial charge in [0.15, 0.2) is 36.7 Å². The molecule has 0 saturated carbocycles. The van der Waals surface area contributed by atoms with Gasteiger partial charge in [-0.2, -0.15) is 0 Å². The molecule has 0 bridgehead atoms. The normalized spacial score (nSPS) is 42.7. The quantitative estimate of drug-likeness (QED) is 0.0699. The summed E-state index contributed by atoms with van der Waals surface area (Å²) >= 11 is 0. The van der Waals surface area contributed by atoms with Crippen LogP contribution in [-0.4, -0.2) is 200 Å². The first-order chi connectivity index (χ1) is 24.7. The molecular weight excluding hydrogens is 708 g/mol. The van der Waals surface area contributed by atoms with E-state index in [-0.39, 0.29) is 11.5 Å². The maximum Gasteiger partial charge on any atom is 0.330 e. The van der Waals surface area contributed by atoms with E-state index in [9.17, 15) is 61.0 Å². The molecule has 4 aliphatic heterocycles. The third-order valence-electron chi connectivity index (χ3n) is 8.90. The molecule has 0 aliphatic carbocycles. The third-order valence-corrected chi connectivity index (χ3v) is 8.90. The van der Waals surface area contributed by atoms with Crippen molar-refractivity contribution in [1.82, 2.24) is 0 Å². The number of esters is 1. The first-order valence-corrected chi connectivity index (χ1v) is 16.2. The molecule has 21 heteroatoms. The van der Waals surface area contributed by atoms with E-state index in [1.165, 1.54) is 31.4 Å². The van der Waals surface area contributed by atoms with Crippen molar-refractivity contribution >= 4 is 12.0 Å². The van der Waals surface area contributed by atoms with Crippen molar-refractivity contribution in [3.05, 3.63) is 29.8 Å². The second kappa shape index (κ2) is 17.7. The molecule has 0 aromatic heterocycles. The van der Waals surface area contributed by atoms with Crippen LogP contribution in [0.5, 0.6) is 11.5 Å². The molecule has 5 rings (SSSR count). The number of hydrogen-bond donors (Lipinski definition) is 11. The summed E-state index contributed by atoms with van der Waals surface area (Å²) in [5.41, 5.74) is 0.499. The van der Waals surface area contributed by atoms with Gasteiger partial charge in [-0.3, -0.25) is 0 Å². The summed E-state index contributed by atoms with van der Waals surface area (Å²) < 4.78 is 48.6. The molecule has 4 saturated heterocycles. The maximum absolute atomic E-state index is 12.3. The van der Waals surface area contributed by atoms with Gasteiger partial charge in [-0.1, -0.05) is 6.07 Å². The Kier molecular flexibility index (Phi) is 13.8. The van der Waals surface area contributed by atoms with E-state index in [0.717, 1.165) is 6.08 Å². The van der Waals surface area contributed by atoms with Gasteiger partial charge < -0.3 is 98.8 Å². The fourth-order valence-corrected chi connectivity index (χ4v) is 5.90. The van der Waals surface area contributed by atoms with Crippen LogP contribution in [-0.2, 0) is 42.7 Å². The van der Waals surface area contributed by atoms with Crippen LogP contribution in [0.25, 0.3) is 6.08 Å². The standard InChI is InChI=1S/C31H44O21/c1-44-15-6-11(2-4-12(15)33)3-5-18(36)45-10-17-22(40)26(28(43)48-17)51-31-27(20(38)14(35)9-47-31)52-30-24(42)25(21(39)16(7-32)49-30)50-29-23(41)19(37)13(34)8-46-29/h2-6,13-14,16-17,19-35,37-43H,7-10H2,1H3/b5-3+/t13-,14-,16+,17+,19+,20+,21-,22+,23-,24+,25-,26-,27-,28?,29-,30+,31+/m1/s1. The summed E-state index contributed by atoms with van der Waals surface area (Å²) in [7, 11) is 1.36. The summed E-state index contributed by atoms with van der Waals surface area (Å²) in [5, 5.41) is 114. The number of phenolic OH excluding ortho intramolecular Hbond substituents is 1. The number of aliphatic hydroxyl groups is 10. The van der Waals surface area contributed by atoms with E-state index in [2.05, 4.69) is 0 Å². The van der Waals surface area contributed by atoms with E-state index >= 15 is 0 Å². The predicted molar refractivity (Wildman–Crippen MR) is 163 cm³/mol. The molecule has 1 unspecified atom stereocenters. The Morgan fingerprint density at radius 1 is 0.750 bits per heavy atom. The van der Waals surface area contributed by atoms with Gasteiger partial charge in [0.2, 0.25) is 0 Å². The van der Waals surface area contributed by atoms with Gasteiger partial charge in [-0.25, -0.2) is 4.79 Å². The molecule has 11 N–H and O–H groups in total. The van der Waals surface area contributed by atoms with Gasteiger partial charge in [-0.15, -0.1) is 0 Å². The lowest BCUT2D eigenvalue weighted by molar-refractivity contribution is -0.380. The average Bonchev–Trinajstić information content (AvgIpc) is 3.39. The number of hydrogen-bond acceptors (Lipinski definition) is 21. The molecular formula is C31H44O21. The number of carbonyl (C=O) groups is 1. The van der Waals surface area contributed by atoms with Crippen LogP contribution in [0.1, 0.15) is 5.56 Å². The monoisotopic (exact) mass is 752 g/mol. The molecule has 1 aromatic carbocycles. The van der Waals surface area contributed by atoms with Crippen LogP contribution in [0, 0.1) is 0 Å². The van der Waals surface area contributed by atoms with Crippen molar-refractivity contribution in [2.75, 3.05) is 33.5 Å². The van der Waals surface area contributed by atoms with E-state index in [1.807, 2.05) is 0 Å². The summed E-state index contributed by atoms with van der Waals surface area (Å²) in [6.07, 6.45) is -26.2. The van der Waals surface area contributed by atoms with Crippen molar-refractivity contribution in [3.8, 4) is 11.5 Å². The lowest BCUT2D eigenvalue weighted by Crippen LogP contribution is -2.65. The largest absolute Gasteiger partial charge is 0.504 e. The van der Waals surface area contributed by atoms with Crippen LogP contribution in [0.4, 0.5) is 0 Å². The van der Waals surface area contributed by atoms with E-state index in [4.69, 9.17) is 42.6 Å². The topological polar surface area (TPSA) is 323 Å². The average molecular weight is 753 g/mol. The number of aliphatic hydroxyl groups excluding tert-OH is 10. The SMILES string of the molecule is COc1cc(/C=C/C(=O)OC[C@@H]2OC(O)[C@H](O[C@@H]3OC[C@@H](O)[C@H](O)[C@H]3O[C@@H]3O[C@@H](CO)[C@@H](O)[C@@H](O[C@H]4OC[C@@H](O)[C@H](O)[C@H]4O)[C@@H]3O)[C@H]2O)ccc1O. The fourth-order valence-electron chi connectivity index (χ4n) is 5.90. The number of benzene rings is 1. The Hall–Kier alpha value is -2.65. The van der Waals surface area contributed by atoms with Gasteiger partial charge in [-0.05, 0) is 23.8 Å². The second-order valence-corrected chi connectivity index (χ2v) is 12.5. The number of methoxy groups -OCH3 is 1. The molecule has 4 heterocycles. The molecule has 0 spiro atoms. The maximum atomic E-state index is 12.3. The first-order valence-electron chi connectivity index (χ1n) is 16.2. The highest BCUT2D eigenvalue weighted by molar-refractivity contribution is 5.87. The van der Waals surface area contributed by atoms with Crippen molar-refractivity contribution in [1.29, 1.82) is 0 Å². The van der Waals surface area contributed by atoms with Crippen molar-refractivity contribution < 1.29 is 104 Å². The molecule has 52 heavy (non-hydrogen) atoms. The summed E-state index contributed by atoms with van der Waals surface area (Å²) in [4.78, 5) is 12.3. The minimum absolute atomic E-state index is 0.0996. The minimum atomic E-state index is -1.96. The number of ether oxygens (including phenoxy) is 9. The van der Waals surface area contributed by atoms with Crippen LogP contribution >= 0.6 is 0 Å². The van der Waals surface area contributed by atoms with Crippen LogP contribution in [0.2, 0.25) is 0 Å². The van der Waals surface area contributed by atoms with E-state index in [1.54, 1.807) is 0 Å². The number of phenols is 1. The molecule has 0 amide bonds. The fraction of sp³-hybridized carbons (Fsp3) is 0.710. The second-order valence-electron chi connectivity index (χ2n) is 12.5. The summed E-state index contributed by atoms with van der Waals surface area (Å²) in [6.45, 7) is -2.38. The van der Waals surface area contributed by atoms with E-state index in [0.29, 0.717) is 5.56 Å². The smallest absolute Gasteiger partial charge is 0.330 e. The summed E-state index contributed by atoms with van der Waals surface area (Å²) in [6, 6.07) is 4.35. The van der Waals surface area contributed by atoms with E-state index < -0.39 is 137 Å². The first kappa shape index (κ1) is 40.5. The molecule has 4 aliphatic rings. The molecule has 21 nitrogen and oxygen atoms in total. The molecule has 1 aromatic rings. The van der Waals surface area contributed by atoms with Gasteiger partial charge in [0.05, 0.1) is 26.9 Å². The lowest BCUT2D eigenvalue weighted by atomic mass is 9.97. The Morgan fingerprint density at radius 3 is 2.08 bits per heavy atom. The highest BCUT2D eigenvalue weighted by Gasteiger charge is 2.53. The van der Waals surface area contributed by atoms with Crippen molar-refractivity contribution in [3.63, 3.8) is 0 Å². The van der Waals surface area contributed by atoms with Crippen LogP contribution in [0.3, 0.4) is 0 Å². The van der Waals surface area contributed by atoms with Gasteiger partial charge in [0.1, 0.15) is 86.0 Å². The highest BCUT2D eigenvalue weighted by Crippen LogP contribution is 2.33. The van der Waals surface area contributed by atoms with Gasteiger partial charge in [0, 0.05) is 6.08 Å². The Balaban J connectivity index is 1.22. The molecule has 0 radical (unpaired) electrons. The Morgan fingerprint density at radius 2 is 1.38 bits per heavy atom. The highest BCUT2D eigenvalue weighted by atomic mass is 16.8. The number of aromatic hydroxyl groups is 1. The van der Waals surface area contributed by atoms with Gasteiger partial charge in [0.25, 0.3) is 0 Å². The summed E-state index contributed by atoms with van der Waals surface area (Å²) in [5.74, 6) is -0.768. The van der Waals surface area contributed by atoms with Crippen molar-refractivity contribution in [2.24, 2.45) is 0 Å². The van der Waals surface area contributed by atoms with Gasteiger partial charge >= 0.3 is 5.97 Å². The zero-order chi connectivity index (χ0) is 37.9. The van der Waals surface area contributed by atoms with Crippen molar-refractivity contribution in [2.45, 2.75) is 105 Å². The Bertz CT molecular complexity index is 1350. The number of carbonyl (C=O) groups excluding carboxylic acids is 1. The minimum Gasteiger partial charge on any atom is -0.504 e. The van der Waals surface area contributed by atoms with Crippen LogP contribution < -0.4 is 4.74 Å².